The molecule has 0 fully saturated rings. The van der Waals surface area contributed by atoms with Gasteiger partial charge in [-0.2, -0.15) is 5.10 Å². The van der Waals surface area contributed by atoms with Gasteiger partial charge in [-0.05, 0) is 25.1 Å². The summed E-state index contributed by atoms with van der Waals surface area (Å²) in [4.78, 5) is 12.0. The minimum atomic E-state index is -0.372. The van der Waals surface area contributed by atoms with Crippen molar-refractivity contribution in [3.05, 3.63) is 46.2 Å². The van der Waals surface area contributed by atoms with Gasteiger partial charge in [-0.15, -0.1) is 0 Å². The van der Waals surface area contributed by atoms with Crippen molar-refractivity contribution in [1.82, 2.24) is 15.1 Å². The van der Waals surface area contributed by atoms with E-state index < -0.39 is 0 Å². The van der Waals surface area contributed by atoms with Gasteiger partial charge in [0.2, 0.25) is 0 Å². The number of carbonyl (C=O) groups excluding carboxylic acids is 1. The number of nitrogens with zero attached hydrogens (tertiary/aromatic N) is 2. The molecule has 5 nitrogen and oxygen atoms in total. The summed E-state index contributed by atoms with van der Waals surface area (Å²) in [5.41, 5.74) is 2.07. The molecule has 0 aliphatic carbocycles. The Morgan fingerprint density at radius 1 is 1.53 bits per heavy atom. The Bertz CT molecular complexity index is 622. The summed E-state index contributed by atoms with van der Waals surface area (Å²) < 4.78 is 1.73. The molecule has 0 saturated heterocycles. The standard InChI is InChI=1S/C13H14ClN3O2/c1-8-9(7-16-17(8)2)6-15-13(19)11-5-10(14)3-4-12(11)18/h3-5,7,18H,6H2,1-2H3,(H,15,19). The first-order chi connectivity index (χ1) is 8.99. The van der Waals surface area contributed by atoms with Gasteiger partial charge in [0.15, 0.2) is 0 Å². The molecule has 1 heterocycles. The number of hydrogen-bond donors (Lipinski definition) is 2. The molecule has 0 aliphatic rings. The van der Waals surface area contributed by atoms with Crippen molar-refractivity contribution in [1.29, 1.82) is 0 Å². The van der Waals surface area contributed by atoms with Gasteiger partial charge in [0.25, 0.3) is 5.91 Å². The monoisotopic (exact) mass is 279 g/mol. The molecule has 2 N–H and O–H groups in total. The van der Waals surface area contributed by atoms with Gasteiger partial charge < -0.3 is 10.4 Å². The second-order valence-electron chi connectivity index (χ2n) is 4.22. The van der Waals surface area contributed by atoms with Crippen LogP contribution in [0.2, 0.25) is 5.02 Å². The highest BCUT2D eigenvalue weighted by molar-refractivity contribution is 6.31. The number of phenols is 1. The van der Waals surface area contributed by atoms with Crippen molar-refractivity contribution in [2.45, 2.75) is 13.5 Å². The number of nitrogens with one attached hydrogen (secondary N) is 1. The molecule has 1 amide bonds. The van der Waals surface area contributed by atoms with Crippen LogP contribution in [0.15, 0.2) is 24.4 Å². The number of carbonyl (C=O) groups is 1. The van der Waals surface area contributed by atoms with Crippen LogP contribution < -0.4 is 5.32 Å². The minimum absolute atomic E-state index is 0.0928. The number of aromatic hydroxyl groups is 1. The van der Waals surface area contributed by atoms with E-state index in [1.165, 1.54) is 18.2 Å². The third-order valence-electron chi connectivity index (χ3n) is 2.98. The Morgan fingerprint density at radius 2 is 2.26 bits per heavy atom. The molecule has 0 saturated carbocycles. The lowest BCUT2D eigenvalue weighted by atomic mass is 10.2. The number of rotatable bonds is 3. The summed E-state index contributed by atoms with van der Waals surface area (Å²) in [5.74, 6) is -0.465. The van der Waals surface area contributed by atoms with Crippen molar-refractivity contribution >= 4 is 17.5 Å². The fraction of sp³-hybridized carbons (Fsp3) is 0.231. The van der Waals surface area contributed by atoms with Crippen LogP contribution in [-0.2, 0) is 13.6 Å². The van der Waals surface area contributed by atoms with Gasteiger partial charge in [0.05, 0.1) is 11.8 Å². The quantitative estimate of drug-likeness (QED) is 0.903. The topological polar surface area (TPSA) is 67.2 Å². The molecule has 1 aromatic carbocycles. The predicted molar refractivity (Wildman–Crippen MR) is 72.2 cm³/mol. The van der Waals surface area contributed by atoms with Gasteiger partial charge in [-0.1, -0.05) is 11.6 Å². The molecule has 0 bridgehead atoms. The molecule has 0 aliphatic heterocycles. The average Bonchev–Trinajstić information content (AvgIpc) is 2.70. The van der Waals surface area contributed by atoms with Crippen LogP contribution in [0.3, 0.4) is 0 Å². The Labute approximate surface area is 115 Å². The molecule has 19 heavy (non-hydrogen) atoms. The molecule has 0 atom stereocenters. The molecule has 2 rings (SSSR count). The molecular weight excluding hydrogens is 266 g/mol. The number of phenolic OH excluding ortho intramolecular Hbond substituents is 1. The summed E-state index contributed by atoms with van der Waals surface area (Å²) in [5, 5.41) is 16.8. The number of amides is 1. The molecule has 100 valence electrons. The number of halogens is 1. The molecule has 6 heteroatoms. The van der Waals surface area contributed by atoms with Crippen LogP contribution in [-0.4, -0.2) is 20.8 Å². The highest BCUT2D eigenvalue weighted by Crippen LogP contribution is 2.21. The van der Waals surface area contributed by atoms with Crippen molar-refractivity contribution in [3.8, 4) is 5.75 Å². The summed E-state index contributed by atoms with van der Waals surface area (Å²) >= 11 is 5.80. The summed E-state index contributed by atoms with van der Waals surface area (Å²) in [7, 11) is 1.84. The van der Waals surface area contributed by atoms with Crippen molar-refractivity contribution in [2.75, 3.05) is 0 Å². The smallest absolute Gasteiger partial charge is 0.255 e. The summed E-state index contributed by atoms with van der Waals surface area (Å²) in [6, 6.07) is 4.35. The zero-order chi connectivity index (χ0) is 14.0. The van der Waals surface area contributed by atoms with Crippen molar-refractivity contribution in [3.63, 3.8) is 0 Å². The van der Waals surface area contributed by atoms with Gasteiger partial charge >= 0.3 is 0 Å². The average molecular weight is 280 g/mol. The molecule has 0 spiro atoms. The van der Waals surface area contributed by atoms with Crippen LogP contribution in [0.4, 0.5) is 0 Å². The lowest BCUT2D eigenvalue weighted by molar-refractivity contribution is 0.0948. The fourth-order valence-electron chi connectivity index (χ4n) is 1.68. The van der Waals surface area contributed by atoms with E-state index in [0.717, 1.165) is 11.3 Å². The predicted octanol–water partition coefficient (Wildman–Crippen LogP) is 2.02. The maximum atomic E-state index is 12.0. The van der Waals surface area contributed by atoms with Crippen LogP contribution in [0.5, 0.6) is 5.75 Å². The van der Waals surface area contributed by atoms with E-state index in [1.54, 1.807) is 10.9 Å². The second kappa shape index (κ2) is 5.32. The van der Waals surface area contributed by atoms with Gasteiger partial charge in [0, 0.05) is 29.9 Å². The van der Waals surface area contributed by atoms with Crippen molar-refractivity contribution < 1.29 is 9.90 Å². The van der Waals surface area contributed by atoms with Crippen LogP contribution in [0.1, 0.15) is 21.6 Å². The number of hydrogen-bond acceptors (Lipinski definition) is 3. The largest absolute Gasteiger partial charge is 0.507 e. The maximum Gasteiger partial charge on any atom is 0.255 e. The zero-order valence-corrected chi connectivity index (χ0v) is 11.4. The Morgan fingerprint density at radius 3 is 2.89 bits per heavy atom. The SMILES string of the molecule is Cc1c(CNC(=O)c2cc(Cl)ccc2O)cnn1C. The normalized spacial score (nSPS) is 10.5. The zero-order valence-electron chi connectivity index (χ0n) is 10.6. The first kappa shape index (κ1) is 13.4. The van der Waals surface area contributed by atoms with Crippen LogP contribution >= 0.6 is 11.6 Å². The third-order valence-corrected chi connectivity index (χ3v) is 3.21. The Hall–Kier alpha value is -2.01. The van der Waals surface area contributed by atoms with Crippen LogP contribution in [0.25, 0.3) is 0 Å². The first-order valence-corrected chi connectivity index (χ1v) is 6.11. The first-order valence-electron chi connectivity index (χ1n) is 5.73. The van der Waals surface area contributed by atoms with E-state index in [4.69, 9.17) is 11.6 Å². The lowest BCUT2D eigenvalue weighted by Crippen LogP contribution is -2.23. The highest BCUT2D eigenvalue weighted by Gasteiger charge is 2.12. The van der Waals surface area contributed by atoms with Crippen molar-refractivity contribution in [2.24, 2.45) is 7.05 Å². The number of aryl methyl sites for hydroxylation is 1. The Kier molecular flexibility index (Phi) is 3.76. The van der Waals surface area contributed by atoms with Gasteiger partial charge in [-0.25, -0.2) is 0 Å². The van der Waals surface area contributed by atoms with Crippen LogP contribution in [0, 0.1) is 6.92 Å². The van der Waals surface area contributed by atoms with E-state index in [0.29, 0.717) is 11.6 Å². The molecule has 2 aromatic rings. The van der Waals surface area contributed by atoms with E-state index in [9.17, 15) is 9.90 Å². The number of benzene rings is 1. The molecular formula is C13H14ClN3O2. The maximum absolute atomic E-state index is 12.0. The Balaban J connectivity index is 2.09. The highest BCUT2D eigenvalue weighted by atomic mass is 35.5. The molecule has 0 radical (unpaired) electrons. The fourth-order valence-corrected chi connectivity index (χ4v) is 1.85. The van der Waals surface area contributed by atoms with E-state index in [1.807, 2.05) is 14.0 Å². The third kappa shape index (κ3) is 2.88. The minimum Gasteiger partial charge on any atom is -0.507 e. The van der Waals surface area contributed by atoms with E-state index in [-0.39, 0.29) is 17.2 Å². The molecule has 0 unspecified atom stereocenters. The second-order valence-corrected chi connectivity index (χ2v) is 4.66. The van der Waals surface area contributed by atoms with Gasteiger partial charge in [0.1, 0.15) is 5.75 Å². The summed E-state index contributed by atoms with van der Waals surface area (Å²) in [6.07, 6.45) is 1.70. The summed E-state index contributed by atoms with van der Waals surface area (Å²) in [6.45, 7) is 2.27. The number of aromatic nitrogens is 2. The lowest BCUT2D eigenvalue weighted by Gasteiger charge is -2.07. The van der Waals surface area contributed by atoms with E-state index in [2.05, 4.69) is 10.4 Å². The molecule has 1 aromatic heterocycles. The van der Waals surface area contributed by atoms with Gasteiger partial charge in [-0.3, -0.25) is 9.48 Å². The van der Waals surface area contributed by atoms with E-state index >= 15 is 0 Å².